The minimum absolute atomic E-state index is 0.0462. The van der Waals surface area contributed by atoms with Crippen molar-refractivity contribution in [3.63, 3.8) is 0 Å². The van der Waals surface area contributed by atoms with Crippen LogP contribution in [0.25, 0.3) is 0 Å². The van der Waals surface area contributed by atoms with Crippen LogP contribution in [-0.2, 0) is 32.7 Å². The smallest absolute Gasteiger partial charge is 0.306 e. The number of nitrogens with zero attached hydrogens (tertiary/aromatic N) is 1. The van der Waals surface area contributed by atoms with Crippen molar-refractivity contribution in [1.29, 1.82) is 0 Å². The van der Waals surface area contributed by atoms with Crippen LogP contribution in [0.1, 0.15) is 258 Å². The molecule has 0 aliphatic carbocycles. The minimum Gasteiger partial charge on any atom is -0.756 e. The summed E-state index contributed by atoms with van der Waals surface area (Å²) < 4.78 is 34.3. The highest BCUT2D eigenvalue weighted by atomic mass is 31.2. The number of allylic oxidation sites excluding steroid dienone is 34. The van der Waals surface area contributed by atoms with E-state index in [1.54, 1.807) is 0 Å². The molecular weight excluding hydrogens is 1180 g/mol. The molecule has 0 aromatic heterocycles. The number of rotatable bonds is 65. The summed E-state index contributed by atoms with van der Waals surface area (Å²) in [5, 5.41) is 0. The van der Waals surface area contributed by atoms with Crippen molar-refractivity contribution in [2.24, 2.45) is 0 Å². The van der Waals surface area contributed by atoms with Crippen LogP contribution in [0.5, 0.6) is 0 Å². The molecule has 0 radical (unpaired) electrons. The number of carbonyl (C=O) groups excluding carboxylic acids is 2. The lowest BCUT2D eigenvalue weighted by Gasteiger charge is -2.28. The van der Waals surface area contributed by atoms with E-state index in [2.05, 4.69) is 220 Å². The third-order valence-electron chi connectivity index (χ3n) is 14.8. The number of unbranched alkanes of at least 4 members (excludes halogenated alkanes) is 17. The first-order valence-corrected chi connectivity index (χ1v) is 38.3. The average molecular weight is 1320 g/mol. The first-order chi connectivity index (χ1) is 46.0. The lowest BCUT2D eigenvalue weighted by Crippen LogP contribution is -2.37. The summed E-state index contributed by atoms with van der Waals surface area (Å²) in [6.45, 7) is 3.97. The second kappa shape index (κ2) is 71.9. The van der Waals surface area contributed by atoms with Crippen molar-refractivity contribution < 1.29 is 42.1 Å². The zero-order valence-corrected chi connectivity index (χ0v) is 61.0. The van der Waals surface area contributed by atoms with E-state index in [-0.39, 0.29) is 26.1 Å². The zero-order valence-electron chi connectivity index (χ0n) is 60.1. The standard InChI is InChI=1S/C84H134NO8P/c1-6-8-10-12-14-16-18-20-22-24-26-28-30-32-34-36-38-39-40-41-42-43-44-45-47-49-51-53-55-57-59-61-63-65-67-69-71-73-75-77-84(87)93-82(81-92-94(88,89)91-79-78-85(3,4)5)80-90-83(86)76-74-72-70-68-66-64-62-60-58-56-54-52-50-48-46-37-35-33-31-29-27-25-23-21-19-17-15-13-11-9-7-2/h8-11,14-17,20-23,26-29,32-35,38-39,41-42,44-46,48-49,51,55,57,61,63,82H,6-7,12-13,18-19,24-25,30-31,36-37,40,43,47,50,52-54,56,58-60,62,64-81H2,1-5H3/b10-8-,11-9-,16-14-,17-15-,22-20-,23-21-,28-26-,29-27-,34-32-,35-33-,39-38-,42-41-,45-44-,48-46-,51-49-,57-55-,63-61-. The molecule has 0 rings (SSSR count). The fraction of sp³-hybridized carbons (Fsp3) is 0.571. The Labute approximate surface area is 576 Å². The van der Waals surface area contributed by atoms with Gasteiger partial charge in [-0.15, -0.1) is 0 Å². The largest absolute Gasteiger partial charge is 0.756 e. The van der Waals surface area contributed by atoms with Crippen molar-refractivity contribution >= 4 is 19.8 Å². The predicted octanol–water partition coefficient (Wildman–Crippen LogP) is 24.0. The zero-order chi connectivity index (χ0) is 68.3. The molecule has 0 aromatic rings. The number of carbonyl (C=O) groups is 2. The SMILES string of the molecule is CC/C=C\C/C=C\C/C=C\C/C=C\C/C=C\C/C=C\C/C=C\C/C=C\C/C=C\C/C=C\C/C=C\CCCCCCCC(=O)OC(COC(=O)CCCCCCCCCCCCCC/C=C\C/C=C\C/C=C\C/C=C\C/C=C\C/C=C\CC)COP(=O)([O-])OCC[N+](C)(C)C. The van der Waals surface area contributed by atoms with Gasteiger partial charge in [0.2, 0.25) is 0 Å². The number of likely N-dealkylation sites (N-methyl/N-ethyl adjacent to an activating group) is 1. The van der Waals surface area contributed by atoms with Crippen LogP contribution in [0.3, 0.4) is 0 Å². The Bertz CT molecular complexity index is 2340. The summed E-state index contributed by atoms with van der Waals surface area (Å²) in [4.78, 5) is 38.1. The van der Waals surface area contributed by atoms with Crippen LogP contribution in [-0.4, -0.2) is 70.0 Å². The van der Waals surface area contributed by atoms with Gasteiger partial charge >= 0.3 is 11.9 Å². The summed E-state index contributed by atoms with van der Waals surface area (Å²) in [6, 6.07) is 0. The lowest BCUT2D eigenvalue weighted by molar-refractivity contribution is -0.870. The van der Waals surface area contributed by atoms with E-state index in [1.165, 1.54) is 57.8 Å². The molecule has 2 atom stereocenters. The number of hydrogen-bond acceptors (Lipinski definition) is 8. The molecule has 0 heterocycles. The van der Waals surface area contributed by atoms with Crippen LogP contribution in [0, 0.1) is 0 Å². The van der Waals surface area contributed by atoms with Gasteiger partial charge in [0.05, 0.1) is 27.7 Å². The van der Waals surface area contributed by atoms with Crippen molar-refractivity contribution in [2.75, 3.05) is 47.5 Å². The van der Waals surface area contributed by atoms with Crippen molar-refractivity contribution in [3.05, 3.63) is 207 Å². The van der Waals surface area contributed by atoms with E-state index in [0.29, 0.717) is 23.9 Å². The van der Waals surface area contributed by atoms with Crippen molar-refractivity contribution in [2.45, 2.75) is 264 Å². The fourth-order valence-corrected chi connectivity index (χ4v) is 9.98. The number of phosphoric acid groups is 1. The monoisotopic (exact) mass is 1320 g/mol. The van der Waals surface area contributed by atoms with E-state index < -0.39 is 32.5 Å². The highest BCUT2D eigenvalue weighted by molar-refractivity contribution is 7.45. The van der Waals surface area contributed by atoms with Gasteiger partial charge in [0, 0.05) is 12.8 Å². The summed E-state index contributed by atoms with van der Waals surface area (Å²) in [5.41, 5.74) is 0. The topological polar surface area (TPSA) is 111 Å². The van der Waals surface area contributed by atoms with Crippen LogP contribution in [0.4, 0.5) is 0 Å². The van der Waals surface area contributed by atoms with Gasteiger partial charge in [-0.25, -0.2) is 0 Å². The Balaban J connectivity index is 4.17. The number of hydrogen-bond donors (Lipinski definition) is 0. The Morgan fingerprint density at radius 3 is 0.851 bits per heavy atom. The normalized spacial score (nSPS) is 14.3. The van der Waals surface area contributed by atoms with Crippen LogP contribution >= 0.6 is 7.82 Å². The molecule has 528 valence electrons. The molecule has 0 saturated heterocycles. The minimum atomic E-state index is -4.67. The van der Waals surface area contributed by atoms with E-state index in [0.717, 1.165) is 161 Å². The lowest BCUT2D eigenvalue weighted by atomic mass is 10.0. The Morgan fingerprint density at radius 1 is 0.330 bits per heavy atom. The van der Waals surface area contributed by atoms with Gasteiger partial charge in [-0.2, -0.15) is 0 Å². The van der Waals surface area contributed by atoms with E-state index >= 15 is 0 Å². The first-order valence-electron chi connectivity index (χ1n) is 36.8. The fourth-order valence-electron chi connectivity index (χ4n) is 9.25. The number of phosphoric ester groups is 1. The highest BCUT2D eigenvalue weighted by Crippen LogP contribution is 2.38. The molecule has 0 bridgehead atoms. The van der Waals surface area contributed by atoms with Gasteiger partial charge in [-0.3, -0.25) is 14.2 Å². The van der Waals surface area contributed by atoms with E-state index in [1.807, 2.05) is 21.1 Å². The van der Waals surface area contributed by atoms with E-state index in [4.69, 9.17) is 18.5 Å². The molecule has 0 aliphatic heterocycles. The third kappa shape index (κ3) is 75.6. The van der Waals surface area contributed by atoms with Crippen molar-refractivity contribution in [3.8, 4) is 0 Å². The van der Waals surface area contributed by atoms with Gasteiger partial charge in [-0.1, -0.05) is 304 Å². The summed E-state index contributed by atoms with van der Waals surface area (Å²) in [6.07, 6.45) is 113. The van der Waals surface area contributed by atoms with Crippen LogP contribution < -0.4 is 4.89 Å². The second-order valence-corrected chi connectivity index (χ2v) is 26.2. The molecule has 94 heavy (non-hydrogen) atoms. The van der Waals surface area contributed by atoms with Crippen LogP contribution in [0.15, 0.2) is 207 Å². The predicted molar refractivity (Wildman–Crippen MR) is 405 cm³/mol. The van der Waals surface area contributed by atoms with Gasteiger partial charge in [0.15, 0.2) is 6.10 Å². The number of quaternary nitrogens is 1. The Hall–Kier alpha value is -5.41. The van der Waals surface area contributed by atoms with Gasteiger partial charge in [-0.05, 0) is 148 Å². The molecule has 0 saturated carbocycles. The maximum Gasteiger partial charge on any atom is 0.306 e. The molecule has 9 nitrogen and oxygen atoms in total. The van der Waals surface area contributed by atoms with Gasteiger partial charge in [0.25, 0.3) is 7.82 Å². The maximum absolute atomic E-state index is 12.9. The molecule has 0 aliphatic rings. The molecule has 0 aromatic carbocycles. The van der Waals surface area contributed by atoms with Crippen LogP contribution in [0.2, 0.25) is 0 Å². The number of ether oxygens (including phenoxy) is 2. The molecule has 0 fully saturated rings. The molecule has 0 spiro atoms. The summed E-state index contributed by atoms with van der Waals surface area (Å²) in [5.74, 6) is -0.871. The quantitative estimate of drug-likeness (QED) is 0.0195. The third-order valence-corrected chi connectivity index (χ3v) is 15.8. The Morgan fingerprint density at radius 2 is 0.574 bits per heavy atom. The summed E-state index contributed by atoms with van der Waals surface area (Å²) >= 11 is 0. The van der Waals surface area contributed by atoms with Crippen molar-refractivity contribution in [1.82, 2.24) is 0 Å². The summed E-state index contributed by atoms with van der Waals surface area (Å²) in [7, 11) is 1.12. The molecule has 0 N–H and O–H groups in total. The average Bonchev–Trinajstić information content (AvgIpc) is 1.56. The Kier molecular flexibility index (Phi) is 67.7. The van der Waals surface area contributed by atoms with Gasteiger partial charge < -0.3 is 27.9 Å². The highest BCUT2D eigenvalue weighted by Gasteiger charge is 2.22. The molecule has 2 unspecified atom stereocenters. The molecule has 0 amide bonds. The maximum atomic E-state index is 12.9. The van der Waals surface area contributed by atoms with E-state index in [9.17, 15) is 19.0 Å². The molecule has 10 heteroatoms. The number of esters is 2. The second-order valence-electron chi connectivity index (χ2n) is 24.8. The molecular formula is C84H134NO8P. The van der Waals surface area contributed by atoms with Gasteiger partial charge in [0.1, 0.15) is 19.8 Å². The first kappa shape index (κ1) is 88.6.